The number of carbonyl (C=O) groups is 4. The Labute approximate surface area is 243 Å². The van der Waals surface area contributed by atoms with E-state index in [1.807, 2.05) is 20.8 Å². The smallest absolute Gasteiger partial charge is 0.255 e. The van der Waals surface area contributed by atoms with Crippen molar-refractivity contribution < 1.29 is 39.6 Å². The number of aliphatic hydroxyl groups is 3. The Balaban J connectivity index is 1.89. The average Bonchev–Trinajstić information content (AvgIpc) is 2.85. The van der Waals surface area contributed by atoms with Gasteiger partial charge in [-0.3, -0.25) is 24.1 Å². The van der Waals surface area contributed by atoms with E-state index >= 15 is 0 Å². The third-order valence-electron chi connectivity index (χ3n) is 8.23. The Kier molecular flexibility index (Phi) is 7.68. The highest BCUT2D eigenvalue weighted by Gasteiger charge is 2.64. The lowest BCUT2D eigenvalue weighted by Crippen LogP contribution is -2.65. The number of likely N-dealkylation sites (N-methyl/N-ethyl adjacent to an activating group) is 1. The molecule has 4 atom stereocenters. The van der Waals surface area contributed by atoms with E-state index in [9.17, 15) is 39.6 Å². The van der Waals surface area contributed by atoms with Gasteiger partial charge in [-0.2, -0.15) is 0 Å². The second-order valence-corrected chi connectivity index (χ2v) is 12.7. The predicted octanol–water partition coefficient (Wildman–Crippen LogP) is 0.357. The van der Waals surface area contributed by atoms with Gasteiger partial charge in [0.15, 0.2) is 11.4 Å². The number of nitrogens with zero attached hydrogens (tertiary/aromatic N) is 2. The minimum absolute atomic E-state index is 0.00158. The van der Waals surface area contributed by atoms with Crippen LogP contribution in [0.25, 0.3) is 5.76 Å². The van der Waals surface area contributed by atoms with Gasteiger partial charge in [-0.25, -0.2) is 0 Å². The molecule has 1 saturated carbocycles. The van der Waals surface area contributed by atoms with E-state index in [-0.39, 0.29) is 41.7 Å². The molecule has 4 rings (SSSR count). The number of nitrogens with two attached hydrogens (primary N) is 1. The number of nitrogens with one attached hydrogen (secondary N) is 2. The van der Waals surface area contributed by atoms with Crippen molar-refractivity contribution in [1.82, 2.24) is 10.2 Å². The second kappa shape index (κ2) is 10.4. The highest BCUT2D eigenvalue weighted by Crippen LogP contribution is 2.54. The number of anilines is 2. The lowest BCUT2D eigenvalue weighted by Gasteiger charge is -2.50. The number of benzene rings is 1. The van der Waals surface area contributed by atoms with E-state index in [4.69, 9.17) is 5.73 Å². The molecule has 3 aliphatic carbocycles. The fraction of sp³-hybridized carbons (Fsp3) is 0.517. The third-order valence-corrected chi connectivity index (χ3v) is 8.23. The molecule has 1 aromatic rings. The molecular weight excluding hydrogens is 546 g/mol. The molecule has 13 heteroatoms. The van der Waals surface area contributed by atoms with E-state index < -0.39 is 69.7 Å². The molecular formula is C29H39N5O8. The molecule has 0 saturated heterocycles. The Morgan fingerprint density at radius 3 is 2.26 bits per heavy atom. The molecule has 228 valence electrons. The summed E-state index contributed by atoms with van der Waals surface area (Å²) in [6, 6.07) is 0.409. The van der Waals surface area contributed by atoms with Gasteiger partial charge in [0, 0.05) is 36.8 Å². The van der Waals surface area contributed by atoms with Crippen LogP contribution in [0.3, 0.4) is 0 Å². The Bertz CT molecular complexity index is 1450. The number of amides is 2. The number of aromatic hydroxyl groups is 1. The van der Waals surface area contributed by atoms with Crippen molar-refractivity contribution in [3.05, 3.63) is 34.1 Å². The lowest BCUT2D eigenvalue weighted by molar-refractivity contribution is -0.153. The first-order valence-corrected chi connectivity index (χ1v) is 13.6. The predicted molar refractivity (Wildman–Crippen MR) is 155 cm³/mol. The molecule has 13 nitrogen and oxygen atoms in total. The maximum Gasteiger partial charge on any atom is 0.255 e. The van der Waals surface area contributed by atoms with Crippen LogP contribution >= 0.6 is 0 Å². The molecule has 1 unspecified atom stereocenters. The van der Waals surface area contributed by atoms with Crippen molar-refractivity contribution in [2.75, 3.05) is 45.0 Å². The molecule has 8 N–H and O–H groups in total. The van der Waals surface area contributed by atoms with E-state index in [1.54, 1.807) is 39.2 Å². The zero-order valence-electron chi connectivity index (χ0n) is 24.8. The number of Topliss-reactive ketones (excluding diaryl/α,β-unsaturated/α-hetero) is 2. The normalized spacial score (nSPS) is 25.7. The molecule has 42 heavy (non-hydrogen) atoms. The van der Waals surface area contributed by atoms with Crippen LogP contribution in [0.2, 0.25) is 0 Å². The van der Waals surface area contributed by atoms with Crippen molar-refractivity contribution in [1.29, 1.82) is 0 Å². The monoisotopic (exact) mass is 585 g/mol. The van der Waals surface area contributed by atoms with Crippen LogP contribution in [0.1, 0.15) is 38.3 Å². The minimum atomic E-state index is -2.73. The molecule has 0 aromatic heterocycles. The van der Waals surface area contributed by atoms with Crippen molar-refractivity contribution >= 4 is 40.5 Å². The average molecular weight is 586 g/mol. The van der Waals surface area contributed by atoms with Gasteiger partial charge in [0.1, 0.15) is 22.8 Å². The third kappa shape index (κ3) is 4.80. The number of fused-ring (bicyclic) bond motifs is 3. The molecule has 1 fully saturated rings. The molecule has 0 radical (unpaired) electrons. The summed E-state index contributed by atoms with van der Waals surface area (Å²) in [7, 11) is 6.58. The van der Waals surface area contributed by atoms with Gasteiger partial charge in [0.05, 0.1) is 23.8 Å². The van der Waals surface area contributed by atoms with E-state index in [0.717, 1.165) is 0 Å². The van der Waals surface area contributed by atoms with Crippen molar-refractivity contribution in [3.63, 3.8) is 0 Å². The van der Waals surface area contributed by atoms with Crippen LogP contribution in [-0.4, -0.2) is 101 Å². The van der Waals surface area contributed by atoms with E-state index in [1.165, 1.54) is 4.90 Å². The zero-order valence-corrected chi connectivity index (χ0v) is 24.8. The van der Waals surface area contributed by atoms with Crippen LogP contribution in [0.15, 0.2) is 23.0 Å². The number of ketones is 2. The summed E-state index contributed by atoms with van der Waals surface area (Å²) >= 11 is 0. The number of phenolic OH excluding ortho intramolecular Hbond substituents is 1. The molecule has 3 aliphatic rings. The molecule has 2 amide bonds. The second-order valence-electron chi connectivity index (χ2n) is 12.7. The van der Waals surface area contributed by atoms with Crippen molar-refractivity contribution in [2.45, 2.75) is 50.8 Å². The van der Waals surface area contributed by atoms with Gasteiger partial charge in [0.25, 0.3) is 5.91 Å². The molecule has 0 aliphatic heterocycles. The quantitative estimate of drug-likeness (QED) is 0.179. The van der Waals surface area contributed by atoms with Crippen molar-refractivity contribution in [2.24, 2.45) is 17.6 Å². The number of carbonyl (C=O) groups excluding carboxylic acids is 4. The molecule has 1 aromatic carbocycles. The van der Waals surface area contributed by atoms with Crippen LogP contribution in [0.5, 0.6) is 5.75 Å². The lowest BCUT2D eigenvalue weighted by atomic mass is 9.57. The fourth-order valence-electron chi connectivity index (χ4n) is 6.33. The van der Waals surface area contributed by atoms with Crippen LogP contribution in [-0.2, 0) is 25.6 Å². The number of hydrogen-bond donors (Lipinski definition) is 7. The van der Waals surface area contributed by atoms with Gasteiger partial charge in [-0.1, -0.05) is 0 Å². The maximum absolute atomic E-state index is 14.0. The van der Waals surface area contributed by atoms with Gasteiger partial charge >= 0.3 is 0 Å². The first kappa shape index (κ1) is 31.0. The van der Waals surface area contributed by atoms with Crippen LogP contribution < -0.4 is 21.3 Å². The number of phenols is 1. The van der Waals surface area contributed by atoms with Gasteiger partial charge in [0.2, 0.25) is 11.7 Å². The van der Waals surface area contributed by atoms with Crippen molar-refractivity contribution in [3.8, 4) is 5.75 Å². The highest BCUT2D eigenvalue weighted by molar-refractivity contribution is 6.24. The van der Waals surface area contributed by atoms with Crippen LogP contribution in [0, 0.1) is 11.8 Å². The van der Waals surface area contributed by atoms with E-state index in [0.29, 0.717) is 11.3 Å². The first-order valence-electron chi connectivity index (χ1n) is 13.6. The molecule has 0 heterocycles. The number of primary amides is 1. The van der Waals surface area contributed by atoms with E-state index in [2.05, 4.69) is 10.6 Å². The molecule has 0 spiro atoms. The van der Waals surface area contributed by atoms with Gasteiger partial charge < -0.3 is 41.7 Å². The highest BCUT2D eigenvalue weighted by atomic mass is 16.3. The number of hydrogen-bond acceptors (Lipinski definition) is 11. The van der Waals surface area contributed by atoms with Gasteiger partial charge in [-0.15, -0.1) is 0 Å². The summed E-state index contributed by atoms with van der Waals surface area (Å²) in [5.41, 5.74) is 2.11. The topological polar surface area (TPSA) is 206 Å². The Hall–Kier alpha value is -3.94. The first-order chi connectivity index (χ1) is 19.3. The SMILES string of the molecule is CN(C)c1cc(NC(=O)CNC(C)(C)C)c(O)c2c1C[C@@H]1C[C@@H]3C(N(C)C)C(=O)C(C(N)=O)=C(O)[C@]3(O)C(=O)C1=C2O. The Morgan fingerprint density at radius 2 is 1.74 bits per heavy atom. The number of aliphatic hydroxyl groups excluding tert-OH is 2. The van der Waals surface area contributed by atoms with Crippen LogP contribution in [0.4, 0.5) is 11.4 Å². The van der Waals surface area contributed by atoms with Gasteiger partial charge in [-0.05, 0) is 65.3 Å². The number of rotatable bonds is 6. The minimum Gasteiger partial charge on any atom is -0.508 e. The molecule has 0 bridgehead atoms. The standard InChI is InChI=1S/C29H39N5O8/c1-28(2,3)31-11-17(35)32-15-10-16(33(4)5)13-8-12-9-14-21(34(6)7)24(38)20(27(30)41)26(40)29(14,42)25(39)18(12)23(37)19(13)22(15)36/h10,12,14,21,31,36-37,40,42H,8-9,11H2,1-7H3,(H2,30,41)(H,32,35)/t12-,14-,21?,29-/m1/s1. The zero-order chi connectivity index (χ0) is 31.6. The fourth-order valence-corrected chi connectivity index (χ4v) is 6.33. The maximum atomic E-state index is 14.0. The summed E-state index contributed by atoms with van der Waals surface area (Å²) in [6.07, 6.45) is 0.117. The summed E-state index contributed by atoms with van der Waals surface area (Å²) < 4.78 is 0. The summed E-state index contributed by atoms with van der Waals surface area (Å²) in [4.78, 5) is 55.3. The summed E-state index contributed by atoms with van der Waals surface area (Å²) in [6.45, 7) is 5.62. The Morgan fingerprint density at radius 1 is 1.12 bits per heavy atom. The largest absolute Gasteiger partial charge is 0.508 e. The summed E-state index contributed by atoms with van der Waals surface area (Å²) in [5, 5.41) is 51.3. The summed E-state index contributed by atoms with van der Waals surface area (Å²) in [5.74, 6) is -7.79.